The maximum Gasteiger partial charge on any atom is 0.0711 e. The molecule has 1 aromatic carbocycles. The Kier molecular flexibility index (Phi) is 2.91. The van der Waals surface area contributed by atoms with E-state index in [4.69, 9.17) is 0 Å². The van der Waals surface area contributed by atoms with Gasteiger partial charge in [0.25, 0.3) is 0 Å². The molecule has 0 spiro atoms. The first-order chi connectivity index (χ1) is 7.22. The minimum Gasteiger partial charge on any atom is -0.265 e. The molecular weight excluding hydrogens is 252 g/mol. The third-order valence-corrected chi connectivity index (χ3v) is 2.91. The highest BCUT2D eigenvalue weighted by molar-refractivity contribution is 9.10. The van der Waals surface area contributed by atoms with Crippen LogP contribution in [0.25, 0.3) is 11.3 Å². The molecule has 15 heavy (non-hydrogen) atoms. The summed E-state index contributed by atoms with van der Waals surface area (Å²) in [6, 6.07) is 8.31. The van der Waals surface area contributed by atoms with Crippen molar-refractivity contribution in [3.8, 4) is 11.3 Å². The summed E-state index contributed by atoms with van der Waals surface area (Å²) < 4.78 is 3.13. The summed E-state index contributed by atoms with van der Waals surface area (Å²) in [6.07, 6.45) is 1.92. The molecule has 1 heterocycles. The van der Waals surface area contributed by atoms with Crippen molar-refractivity contribution in [1.29, 1.82) is 0 Å². The van der Waals surface area contributed by atoms with E-state index < -0.39 is 0 Å². The number of halogens is 1. The summed E-state index contributed by atoms with van der Waals surface area (Å²) in [5.74, 6) is 0. The van der Waals surface area contributed by atoms with Crippen LogP contribution in [-0.4, -0.2) is 9.78 Å². The Morgan fingerprint density at radius 3 is 2.87 bits per heavy atom. The molecule has 0 aliphatic carbocycles. The maximum absolute atomic E-state index is 4.34. The van der Waals surface area contributed by atoms with E-state index in [9.17, 15) is 0 Å². The van der Waals surface area contributed by atoms with Gasteiger partial charge in [-0.1, -0.05) is 28.1 Å². The first kappa shape index (κ1) is 10.4. The second-order valence-corrected chi connectivity index (χ2v) is 4.42. The standard InChI is InChI=1S/C12H13BrN2/c1-3-15-12(9(2)8-14-15)10-5-4-6-11(13)7-10/h4-8H,3H2,1-2H3. The number of aryl methyl sites for hydroxylation is 2. The smallest absolute Gasteiger partial charge is 0.0711 e. The number of hydrogen-bond donors (Lipinski definition) is 0. The van der Waals surface area contributed by atoms with Gasteiger partial charge in [0.15, 0.2) is 0 Å². The van der Waals surface area contributed by atoms with Gasteiger partial charge in [-0.05, 0) is 31.5 Å². The van der Waals surface area contributed by atoms with Crippen molar-refractivity contribution in [2.75, 3.05) is 0 Å². The predicted molar refractivity (Wildman–Crippen MR) is 65.8 cm³/mol. The van der Waals surface area contributed by atoms with Gasteiger partial charge < -0.3 is 0 Å². The van der Waals surface area contributed by atoms with E-state index >= 15 is 0 Å². The van der Waals surface area contributed by atoms with Crippen molar-refractivity contribution in [2.45, 2.75) is 20.4 Å². The lowest BCUT2D eigenvalue weighted by Crippen LogP contribution is -1.99. The van der Waals surface area contributed by atoms with Crippen molar-refractivity contribution in [1.82, 2.24) is 9.78 Å². The minimum atomic E-state index is 0.898. The predicted octanol–water partition coefficient (Wildman–Crippen LogP) is 3.64. The molecule has 0 aliphatic heterocycles. The second-order valence-electron chi connectivity index (χ2n) is 3.50. The van der Waals surface area contributed by atoms with Crippen LogP contribution in [0.5, 0.6) is 0 Å². The zero-order valence-electron chi connectivity index (χ0n) is 8.87. The van der Waals surface area contributed by atoms with Crippen LogP contribution in [0.2, 0.25) is 0 Å². The van der Waals surface area contributed by atoms with Gasteiger partial charge in [-0.3, -0.25) is 4.68 Å². The largest absolute Gasteiger partial charge is 0.265 e. The van der Waals surface area contributed by atoms with Gasteiger partial charge in [0.05, 0.1) is 11.9 Å². The Labute approximate surface area is 98.1 Å². The highest BCUT2D eigenvalue weighted by Crippen LogP contribution is 2.25. The fraction of sp³-hybridized carbons (Fsp3) is 0.250. The van der Waals surface area contributed by atoms with E-state index in [0.717, 1.165) is 11.0 Å². The van der Waals surface area contributed by atoms with E-state index in [1.54, 1.807) is 0 Å². The van der Waals surface area contributed by atoms with Crippen LogP contribution in [0.1, 0.15) is 12.5 Å². The Balaban J connectivity index is 2.57. The molecule has 0 saturated carbocycles. The molecule has 0 saturated heterocycles. The lowest BCUT2D eigenvalue weighted by Gasteiger charge is -2.06. The summed E-state index contributed by atoms with van der Waals surface area (Å²) in [5.41, 5.74) is 3.63. The summed E-state index contributed by atoms with van der Waals surface area (Å²) >= 11 is 3.49. The number of rotatable bonds is 2. The highest BCUT2D eigenvalue weighted by atomic mass is 79.9. The fourth-order valence-corrected chi connectivity index (χ4v) is 2.13. The number of nitrogens with zero attached hydrogens (tertiary/aromatic N) is 2. The lowest BCUT2D eigenvalue weighted by atomic mass is 10.1. The van der Waals surface area contributed by atoms with Gasteiger partial charge in [-0.25, -0.2) is 0 Å². The highest BCUT2D eigenvalue weighted by Gasteiger charge is 2.08. The molecule has 0 fully saturated rings. The fourth-order valence-electron chi connectivity index (χ4n) is 1.73. The molecule has 0 radical (unpaired) electrons. The van der Waals surface area contributed by atoms with Gasteiger partial charge >= 0.3 is 0 Å². The number of aromatic nitrogens is 2. The first-order valence-electron chi connectivity index (χ1n) is 5.00. The summed E-state index contributed by atoms with van der Waals surface area (Å²) in [5, 5.41) is 4.34. The molecule has 0 amide bonds. The molecule has 0 bridgehead atoms. The van der Waals surface area contributed by atoms with Crippen LogP contribution in [-0.2, 0) is 6.54 Å². The Bertz CT molecular complexity index is 474. The van der Waals surface area contributed by atoms with Gasteiger partial charge in [-0.15, -0.1) is 0 Å². The summed E-state index contributed by atoms with van der Waals surface area (Å²) in [6.45, 7) is 5.10. The van der Waals surface area contributed by atoms with Crippen molar-refractivity contribution in [3.63, 3.8) is 0 Å². The zero-order chi connectivity index (χ0) is 10.8. The minimum absolute atomic E-state index is 0.898. The van der Waals surface area contributed by atoms with Crippen LogP contribution in [0.15, 0.2) is 34.9 Å². The van der Waals surface area contributed by atoms with Gasteiger partial charge in [0.1, 0.15) is 0 Å². The third kappa shape index (κ3) is 1.97. The quantitative estimate of drug-likeness (QED) is 0.810. The number of benzene rings is 1. The molecule has 0 N–H and O–H groups in total. The number of hydrogen-bond acceptors (Lipinski definition) is 1. The monoisotopic (exact) mass is 264 g/mol. The normalized spacial score (nSPS) is 10.6. The van der Waals surface area contributed by atoms with Crippen LogP contribution in [0.4, 0.5) is 0 Å². The summed E-state index contributed by atoms with van der Waals surface area (Å²) in [7, 11) is 0. The topological polar surface area (TPSA) is 17.8 Å². The van der Waals surface area contributed by atoms with E-state index in [2.05, 4.69) is 47.0 Å². The van der Waals surface area contributed by atoms with Gasteiger partial charge in [-0.2, -0.15) is 5.10 Å². The molecule has 0 aliphatic rings. The van der Waals surface area contributed by atoms with Crippen molar-refractivity contribution < 1.29 is 0 Å². The lowest BCUT2D eigenvalue weighted by molar-refractivity contribution is 0.667. The van der Waals surface area contributed by atoms with Crippen LogP contribution in [0.3, 0.4) is 0 Å². The third-order valence-electron chi connectivity index (χ3n) is 2.42. The first-order valence-corrected chi connectivity index (χ1v) is 5.80. The van der Waals surface area contributed by atoms with Crippen molar-refractivity contribution >= 4 is 15.9 Å². The summed E-state index contributed by atoms with van der Waals surface area (Å²) in [4.78, 5) is 0. The van der Waals surface area contributed by atoms with Crippen LogP contribution in [0, 0.1) is 6.92 Å². The van der Waals surface area contributed by atoms with E-state index in [0.29, 0.717) is 0 Å². The Hall–Kier alpha value is -1.09. The molecule has 0 unspecified atom stereocenters. The molecule has 1 aromatic heterocycles. The second kappa shape index (κ2) is 4.19. The van der Waals surface area contributed by atoms with E-state index in [1.165, 1.54) is 16.8 Å². The molecule has 2 aromatic rings. The van der Waals surface area contributed by atoms with Crippen LogP contribution < -0.4 is 0 Å². The molecular formula is C12H13BrN2. The van der Waals surface area contributed by atoms with Gasteiger partial charge in [0, 0.05) is 16.6 Å². The SMILES string of the molecule is CCn1ncc(C)c1-c1cccc(Br)c1. The van der Waals surface area contributed by atoms with Crippen molar-refractivity contribution in [2.24, 2.45) is 0 Å². The Morgan fingerprint density at radius 2 is 2.20 bits per heavy atom. The average molecular weight is 265 g/mol. The van der Waals surface area contributed by atoms with Gasteiger partial charge in [0.2, 0.25) is 0 Å². The molecule has 2 nitrogen and oxygen atoms in total. The van der Waals surface area contributed by atoms with E-state index in [-0.39, 0.29) is 0 Å². The molecule has 78 valence electrons. The van der Waals surface area contributed by atoms with Crippen LogP contribution >= 0.6 is 15.9 Å². The molecule has 2 rings (SSSR count). The zero-order valence-corrected chi connectivity index (χ0v) is 10.5. The van der Waals surface area contributed by atoms with E-state index in [1.807, 2.05) is 23.0 Å². The maximum atomic E-state index is 4.34. The Morgan fingerprint density at radius 1 is 1.40 bits per heavy atom. The average Bonchev–Trinajstić information content (AvgIpc) is 2.59. The molecule has 3 heteroatoms. The molecule has 0 atom stereocenters. The van der Waals surface area contributed by atoms with Crippen molar-refractivity contribution in [3.05, 3.63) is 40.5 Å².